The van der Waals surface area contributed by atoms with Crippen LogP contribution in [-0.2, 0) is 6.54 Å². The molecule has 2 aromatic heterocycles. The van der Waals surface area contributed by atoms with Gasteiger partial charge >= 0.3 is 0 Å². The highest BCUT2D eigenvalue weighted by Crippen LogP contribution is 2.23. The van der Waals surface area contributed by atoms with Crippen molar-refractivity contribution in [1.82, 2.24) is 14.5 Å². The van der Waals surface area contributed by atoms with E-state index in [9.17, 15) is 14.4 Å². The second kappa shape index (κ2) is 6.39. The molecule has 0 aromatic carbocycles. The van der Waals surface area contributed by atoms with Crippen LogP contribution in [0.1, 0.15) is 29.5 Å². The summed E-state index contributed by atoms with van der Waals surface area (Å²) in [5.74, 6) is -0.671. The number of pyridine rings is 1. The third-order valence-corrected chi connectivity index (χ3v) is 3.51. The number of nitrogens with zero attached hydrogens (tertiary/aromatic N) is 4. The van der Waals surface area contributed by atoms with Crippen LogP contribution >= 0.6 is 0 Å². The van der Waals surface area contributed by atoms with Gasteiger partial charge in [-0.05, 0) is 19.1 Å². The molecule has 2 heterocycles. The molecule has 0 atom stereocenters. The van der Waals surface area contributed by atoms with Crippen LogP contribution in [0.4, 0.5) is 4.39 Å². The lowest BCUT2D eigenvalue weighted by molar-refractivity contribution is 0.0785. The fourth-order valence-electron chi connectivity index (χ4n) is 2.39. The molecule has 0 fully saturated rings. The van der Waals surface area contributed by atoms with E-state index in [-0.39, 0.29) is 24.6 Å². The number of hydrogen-bond acceptors (Lipinski definition) is 3. The molecule has 5 nitrogen and oxygen atoms in total. The minimum atomic E-state index is -0.452. The molecular weight excluding hydrogens is 283 g/mol. The average molecular weight is 300 g/mol. The maximum atomic E-state index is 12.8. The van der Waals surface area contributed by atoms with E-state index in [1.165, 1.54) is 4.90 Å². The molecule has 0 saturated heterocycles. The molecule has 0 aliphatic rings. The van der Waals surface area contributed by atoms with Gasteiger partial charge in [-0.25, -0.2) is 9.37 Å². The van der Waals surface area contributed by atoms with Gasteiger partial charge in [0.25, 0.3) is 5.91 Å². The summed E-state index contributed by atoms with van der Waals surface area (Å²) >= 11 is 0. The molecule has 0 radical (unpaired) electrons. The Balaban J connectivity index is 2.45. The zero-order valence-corrected chi connectivity index (χ0v) is 12.6. The van der Waals surface area contributed by atoms with Gasteiger partial charge in [-0.3, -0.25) is 4.79 Å². The summed E-state index contributed by atoms with van der Waals surface area (Å²) in [5.41, 5.74) is 1.41. The number of hydrogen-bond donors (Lipinski definition) is 0. The Morgan fingerprint density at radius 2 is 2.32 bits per heavy atom. The van der Waals surface area contributed by atoms with Gasteiger partial charge in [0.2, 0.25) is 0 Å². The molecule has 0 bridgehead atoms. The van der Waals surface area contributed by atoms with Crippen molar-refractivity contribution >= 4 is 16.8 Å². The Morgan fingerprint density at radius 1 is 1.59 bits per heavy atom. The van der Waals surface area contributed by atoms with Gasteiger partial charge in [0, 0.05) is 38.1 Å². The first kappa shape index (κ1) is 15.7. The first-order valence-corrected chi connectivity index (χ1v) is 6.96. The molecule has 2 rings (SSSR count). The Morgan fingerprint density at radius 3 is 2.91 bits per heavy atom. The standard InChI is InChI=1S/C16H17FN4O/c1-4-21-14(16(22)20(3)8-6-11(2)17)9-12-5-7-19-13(10-18)15(12)21/h5,7,9H,2,4,6,8H2,1,3H3. The zero-order chi connectivity index (χ0) is 16.3. The predicted octanol–water partition coefficient (Wildman–Crippen LogP) is 2.87. The van der Waals surface area contributed by atoms with E-state index in [0.29, 0.717) is 17.8 Å². The van der Waals surface area contributed by atoms with Crippen molar-refractivity contribution < 1.29 is 9.18 Å². The molecule has 0 aliphatic carbocycles. The van der Waals surface area contributed by atoms with Crippen molar-refractivity contribution in [2.45, 2.75) is 19.9 Å². The summed E-state index contributed by atoms with van der Waals surface area (Å²) in [5, 5.41) is 9.98. The number of amides is 1. The number of fused-ring (bicyclic) bond motifs is 1. The summed E-state index contributed by atoms with van der Waals surface area (Å²) < 4.78 is 14.5. The second-order valence-electron chi connectivity index (χ2n) is 4.98. The molecule has 0 unspecified atom stereocenters. The highest BCUT2D eigenvalue weighted by atomic mass is 19.1. The summed E-state index contributed by atoms with van der Waals surface area (Å²) in [6.45, 7) is 5.88. The van der Waals surface area contributed by atoms with E-state index in [2.05, 4.69) is 11.6 Å². The van der Waals surface area contributed by atoms with Gasteiger partial charge < -0.3 is 9.47 Å². The van der Waals surface area contributed by atoms with E-state index >= 15 is 0 Å². The van der Waals surface area contributed by atoms with Crippen LogP contribution in [0.2, 0.25) is 0 Å². The maximum absolute atomic E-state index is 12.8. The maximum Gasteiger partial charge on any atom is 0.270 e. The lowest BCUT2D eigenvalue weighted by Gasteiger charge is -2.17. The number of rotatable bonds is 5. The highest BCUT2D eigenvalue weighted by molar-refractivity contribution is 5.99. The van der Waals surface area contributed by atoms with Crippen LogP contribution < -0.4 is 0 Å². The number of carbonyl (C=O) groups excluding carboxylic acids is 1. The normalized spacial score (nSPS) is 10.5. The van der Waals surface area contributed by atoms with Crippen LogP contribution in [0.5, 0.6) is 0 Å². The predicted molar refractivity (Wildman–Crippen MR) is 81.9 cm³/mol. The molecule has 114 valence electrons. The molecule has 0 N–H and O–H groups in total. The Bertz CT molecular complexity index is 772. The van der Waals surface area contributed by atoms with Crippen LogP contribution in [0.15, 0.2) is 30.7 Å². The first-order chi connectivity index (χ1) is 10.5. The molecule has 0 saturated carbocycles. The lowest BCUT2D eigenvalue weighted by Crippen LogP contribution is -2.29. The molecule has 6 heteroatoms. The number of aromatic nitrogens is 2. The van der Waals surface area contributed by atoms with Crippen LogP contribution in [-0.4, -0.2) is 34.0 Å². The number of carbonyl (C=O) groups is 1. The van der Waals surface area contributed by atoms with Crippen molar-refractivity contribution in [3.8, 4) is 6.07 Å². The summed E-state index contributed by atoms with van der Waals surface area (Å²) in [6.07, 6.45) is 1.66. The Hall–Kier alpha value is -2.68. The minimum Gasteiger partial charge on any atom is -0.340 e. The van der Waals surface area contributed by atoms with Crippen molar-refractivity contribution in [3.63, 3.8) is 0 Å². The molecular formula is C16H17FN4O. The summed E-state index contributed by atoms with van der Waals surface area (Å²) in [6, 6.07) is 5.56. The minimum absolute atomic E-state index is 0.111. The van der Waals surface area contributed by atoms with E-state index in [1.54, 1.807) is 29.9 Å². The third kappa shape index (κ3) is 2.84. The van der Waals surface area contributed by atoms with E-state index in [1.807, 2.05) is 13.0 Å². The quantitative estimate of drug-likeness (QED) is 0.853. The third-order valence-electron chi connectivity index (χ3n) is 3.51. The first-order valence-electron chi connectivity index (χ1n) is 6.96. The van der Waals surface area contributed by atoms with Crippen LogP contribution in [0.3, 0.4) is 0 Å². The highest BCUT2D eigenvalue weighted by Gasteiger charge is 2.20. The zero-order valence-electron chi connectivity index (χ0n) is 12.6. The summed E-state index contributed by atoms with van der Waals surface area (Å²) in [7, 11) is 1.62. The molecule has 1 amide bonds. The van der Waals surface area contributed by atoms with Crippen LogP contribution in [0, 0.1) is 11.3 Å². The largest absolute Gasteiger partial charge is 0.340 e. The van der Waals surface area contributed by atoms with E-state index in [4.69, 9.17) is 0 Å². The molecule has 22 heavy (non-hydrogen) atoms. The number of aryl methyl sites for hydroxylation is 1. The topological polar surface area (TPSA) is 61.9 Å². The second-order valence-corrected chi connectivity index (χ2v) is 4.98. The number of halogens is 1. The number of nitriles is 1. The summed E-state index contributed by atoms with van der Waals surface area (Å²) in [4.78, 5) is 18.0. The van der Waals surface area contributed by atoms with Crippen LogP contribution in [0.25, 0.3) is 10.9 Å². The van der Waals surface area contributed by atoms with E-state index < -0.39 is 5.83 Å². The lowest BCUT2D eigenvalue weighted by atomic mass is 10.2. The monoisotopic (exact) mass is 300 g/mol. The SMILES string of the molecule is C=C(F)CCN(C)C(=O)c1cc2ccnc(C#N)c2n1CC. The van der Waals surface area contributed by atoms with Gasteiger partial charge in [0.15, 0.2) is 5.69 Å². The van der Waals surface area contributed by atoms with Gasteiger partial charge in [-0.1, -0.05) is 6.58 Å². The smallest absolute Gasteiger partial charge is 0.270 e. The van der Waals surface area contributed by atoms with Crippen molar-refractivity contribution in [3.05, 3.63) is 42.1 Å². The van der Waals surface area contributed by atoms with Crippen molar-refractivity contribution in [2.24, 2.45) is 0 Å². The Labute approximate surface area is 128 Å². The fourth-order valence-corrected chi connectivity index (χ4v) is 2.39. The fraction of sp³-hybridized carbons (Fsp3) is 0.312. The molecule has 2 aromatic rings. The Kier molecular flexibility index (Phi) is 4.56. The van der Waals surface area contributed by atoms with Crippen molar-refractivity contribution in [2.75, 3.05) is 13.6 Å². The van der Waals surface area contributed by atoms with E-state index in [0.717, 1.165) is 5.39 Å². The van der Waals surface area contributed by atoms with Gasteiger partial charge in [0.05, 0.1) is 11.3 Å². The molecule has 0 aliphatic heterocycles. The van der Waals surface area contributed by atoms with Crippen molar-refractivity contribution in [1.29, 1.82) is 5.26 Å². The van der Waals surface area contributed by atoms with Gasteiger partial charge in [-0.15, -0.1) is 0 Å². The average Bonchev–Trinajstić information content (AvgIpc) is 2.90. The molecule has 0 spiro atoms. The van der Waals surface area contributed by atoms with Gasteiger partial charge in [0.1, 0.15) is 11.8 Å². The van der Waals surface area contributed by atoms with Gasteiger partial charge in [-0.2, -0.15) is 5.26 Å².